The van der Waals surface area contributed by atoms with Crippen molar-refractivity contribution in [1.29, 1.82) is 0 Å². The lowest BCUT2D eigenvalue weighted by Crippen LogP contribution is -2.43. The summed E-state index contributed by atoms with van der Waals surface area (Å²) in [4.78, 5) is 29.4. The molecule has 0 radical (unpaired) electrons. The molecule has 0 spiro atoms. The standard InChI is InChI=1S/C9H11N3O2S/c1-9(2)7(13)11-8(14)12(9)4-6-3-10-5-15-6/h3,5H,4H2,1-2H3,(H,11,13,14). The van der Waals surface area contributed by atoms with Crippen LogP contribution in [0.15, 0.2) is 11.7 Å². The Morgan fingerprint density at radius 2 is 2.27 bits per heavy atom. The van der Waals surface area contributed by atoms with Crippen LogP contribution in [0.5, 0.6) is 0 Å². The molecular formula is C9H11N3O2S. The number of hydrogen-bond acceptors (Lipinski definition) is 4. The quantitative estimate of drug-likeness (QED) is 0.763. The molecule has 1 N–H and O–H groups in total. The summed E-state index contributed by atoms with van der Waals surface area (Å²) < 4.78 is 0. The summed E-state index contributed by atoms with van der Waals surface area (Å²) in [6.45, 7) is 3.89. The fourth-order valence-corrected chi connectivity index (χ4v) is 2.02. The van der Waals surface area contributed by atoms with Gasteiger partial charge in [0, 0.05) is 11.1 Å². The molecule has 1 aliphatic heterocycles. The summed E-state index contributed by atoms with van der Waals surface area (Å²) >= 11 is 1.47. The zero-order valence-electron chi connectivity index (χ0n) is 8.48. The monoisotopic (exact) mass is 225 g/mol. The van der Waals surface area contributed by atoms with Crippen molar-refractivity contribution in [2.45, 2.75) is 25.9 Å². The highest BCUT2D eigenvalue weighted by molar-refractivity contribution is 7.09. The molecule has 0 saturated carbocycles. The Kier molecular flexibility index (Phi) is 2.22. The minimum atomic E-state index is -0.777. The molecule has 15 heavy (non-hydrogen) atoms. The summed E-state index contributed by atoms with van der Waals surface area (Å²) in [5, 5.41) is 2.30. The molecule has 1 aliphatic rings. The minimum Gasteiger partial charge on any atom is -0.305 e. The highest BCUT2D eigenvalue weighted by atomic mass is 32.1. The van der Waals surface area contributed by atoms with Crippen LogP contribution in [0.2, 0.25) is 0 Å². The lowest BCUT2D eigenvalue weighted by molar-refractivity contribution is -0.125. The van der Waals surface area contributed by atoms with Crippen molar-refractivity contribution in [3.63, 3.8) is 0 Å². The van der Waals surface area contributed by atoms with Crippen molar-refractivity contribution in [3.05, 3.63) is 16.6 Å². The van der Waals surface area contributed by atoms with E-state index in [1.807, 2.05) is 0 Å². The van der Waals surface area contributed by atoms with E-state index in [0.717, 1.165) is 4.88 Å². The molecule has 0 aliphatic carbocycles. The van der Waals surface area contributed by atoms with Crippen LogP contribution in [-0.4, -0.2) is 27.4 Å². The van der Waals surface area contributed by atoms with E-state index in [4.69, 9.17) is 0 Å². The highest BCUT2D eigenvalue weighted by Crippen LogP contribution is 2.24. The highest BCUT2D eigenvalue weighted by Gasteiger charge is 2.45. The van der Waals surface area contributed by atoms with Gasteiger partial charge in [-0.1, -0.05) is 0 Å². The summed E-state index contributed by atoms with van der Waals surface area (Å²) in [6.07, 6.45) is 1.71. The van der Waals surface area contributed by atoms with E-state index in [9.17, 15) is 9.59 Å². The maximum absolute atomic E-state index is 11.5. The molecular weight excluding hydrogens is 214 g/mol. The number of thiazole rings is 1. The summed E-state index contributed by atoms with van der Waals surface area (Å²) in [7, 11) is 0. The van der Waals surface area contributed by atoms with E-state index >= 15 is 0 Å². The molecule has 0 unspecified atom stereocenters. The largest absolute Gasteiger partial charge is 0.325 e. The predicted octanol–water partition coefficient (Wildman–Crippen LogP) is 0.974. The number of amides is 3. The first-order valence-corrected chi connectivity index (χ1v) is 5.40. The second-order valence-electron chi connectivity index (χ2n) is 3.87. The number of aromatic nitrogens is 1. The molecule has 2 rings (SSSR count). The van der Waals surface area contributed by atoms with Gasteiger partial charge in [-0.2, -0.15) is 0 Å². The predicted molar refractivity (Wildman–Crippen MR) is 55.3 cm³/mol. The zero-order valence-corrected chi connectivity index (χ0v) is 9.30. The first-order valence-electron chi connectivity index (χ1n) is 4.52. The van der Waals surface area contributed by atoms with Crippen LogP contribution in [0.1, 0.15) is 18.7 Å². The molecule has 1 aromatic heterocycles. The van der Waals surface area contributed by atoms with Crippen LogP contribution in [0.3, 0.4) is 0 Å². The summed E-state index contributed by atoms with van der Waals surface area (Å²) in [6, 6.07) is -0.335. The molecule has 1 aromatic rings. The number of imide groups is 1. The second kappa shape index (κ2) is 3.30. The van der Waals surface area contributed by atoms with Crippen LogP contribution in [0.4, 0.5) is 4.79 Å². The number of rotatable bonds is 2. The van der Waals surface area contributed by atoms with Gasteiger partial charge in [0.1, 0.15) is 5.54 Å². The molecule has 0 atom stereocenters. The molecule has 1 fully saturated rings. The van der Waals surface area contributed by atoms with Crippen molar-refractivity contribution in [2.75, 3.05) is 0 Å². The van der Waals surface area contributed by atoms with Gasteiger partial charge in [0.15, 0.2) is 0 Å². The fourth-order valence-electron chi connectivity index (χ4n) is 1.44. The number of urea groups is 1. The topological polar surface area (TPSA) is 62.3 Å². The molecule has 0 bridgehead atoms. The number of nitrogens with one attached hydrogen (secondary N) is 1. The minimum absolute atomic E-state index is 0.253. The number of carbonyl (C=O) groups is 2. The van der Waals surface area contributed by atoms with Crippen molar-refractivity contribution in [3.8, 4) is 0 Å². The van der Waals surface area contributed by atoms with Gasteiger partial charge in [0.25, 0.3) is 5.91 Å². The van der Waals surface area contributed by atoms with Gasteiger partial charge >= 0.3 is 6.03 Å². The average Bonchev–Trinajstić information content (AvgIpc) is 2.70. The SMILES string of the molecule is CC1(C)C(=O)NC(=O)N1Cc1cncs1. The van der Waals surface area contributed by atoms with Crippen LogP contribution in [-0.2, 0) is 11.3 Å². The maximum Gasteiger partial charge on any atom is 0.325 e. The van der Waals surface area contributed by atoms with Gasteiger partial charge in [0.2, 0.25) is 0 Å². The lowest BCUT2D eigenvalue weighted by atomic mass is 10.0. The van der Waals surface area contributed by atoms with Gasteiger partial charge in [-0.15, -0.1) is 11.3 Å². The van der Waals surface area contributed by atoms with E-state index in [0.29, 0.717) is 6.54 Å². The van der Waals surface area contributed by atoms with E-state index < -0.39 is 5.54 Å². The van der Waals surface area contributed by atoms with Crippen LogP contribution in [0.25, 0.3) is 0 Å². The first kappa shape index (κ1) is 10.1. The van der Waals surface area contributed by atoms with E-state index in [2.05, 4.69) is 10.3 Å². The Labute approximate surface area is 91.1 Å². The van der Waals surface area contributed by atoms with Gasteiger partial charge in [0.05, 0.1) is 12.1 Å². The van der Waals surface area contributed by atoms with Gasteiger partial charge in [-0.25, -0.2) is 4.79 Å². The van der Waals surface area contributed by atoms with Crippen LogP contribution >= 0.6 is 11.3 Å². The molecule has 1 saturated heterocycles. The third kappa shape index (κ3) is 1.61. The molecule has 5 nitrogen and oxygen atoms in total. The van der Waals surface area contributed by atoms with E-state index in [1.54, 1.807) is 25.6 Å². The molecule has 2 heterocycles. The third-order valence-corrected chi connectivity index (χ3v) is 3.26. The average molecular weight is 225 g/mol. The Morgan fingerprint density at radius 1 is 1.53 bits per heavy atom. The molecule has 6 heteroatoms. The first-order chi connectivity index (χ1) is 7.01. The Balaban J connectivity index is 2.21. The number of carbonyl (C=O) groups excluding carboxylic acids is 2. The van der Waals surface area contributed by atoms with Gasteiger partial charge in [-0.3, -0.25) is 15.1 Å². The lowest BCUT2D eigenvalue weighted by Gasteiger charge is -2.27. The third-order valence-electron chi connectivity index (χ3n) is 2.49. The normalized spacial score (nSPS) is 19.5. The fraction of sp³-hybridized carbons (Fsp3) is 0.444. The van der Waals surface area contributed by atoms with Crippen molar-refractivity contribution < 1.29 is 9.59 Å². The van der Waals surface area contributed by atoms with Gasteiger partial charge < -0.3 is 4.90 Å². The smallest absolute Gasteiger partial charge is 0.305 e. The number of hydrogen-bond donors (Lipinski definition) is 1. The van der Waals surface area contributed by atoms with Crippen molar-refractivity contribution in [1.82, 2.24) is 15.2 Å². The van der Waals surface area contributed by atoms with Crippen LogP contribution < -0.4 is 5.32 Å². The van der Waals surface area contributed by atoms with E-state index in [-0.39, 0.29) is 11.9 Å². The summed E-state index contributed by atoms with van der Waals surface area (Å²) in [5.74, 6) is -0.253. The zero-order chi connectivity index (χ0) is 11.1. The Morgan fingerprint density at radius 3 is 2.73 bits per heavy atom. The van der Waals surface area contributed by atoms with Crippen molar-refractivity contribution in [2.24, 2.45) is 0 Å². The van der Waals surface area contributed by atoms with Gasteiger partial charge in [-0.05, 0) is 13.8 Å². The van der Waals surface area contributed by atoms with Crippen LogP contribution in [0, 0.1) is 0 Å². The second-order valence-corrected chi connectivity index (χ2v) is 4.84. The molecule has 80 valence electrons. The molecule has 3 amide bonds. The number of nitrogens with zero attached hydrogens (tertiary/aromatic N) is 2. The summed E-state index contributed by atoms with van der Waals surface area (Å²) in [5.41, 5.74) is 0.930. The van der Waals surface area contributed by atoms with E-state index in [1.165, 1.54) is 16.2 Å². The Hall–Kier alpha value is -1.43. The Bertz CT molecular complexity index is 399. The van der Waals surface area contributed by atoms with Crippen molar-refractivity contribution >= 4 is 23.3 Å². The molecule has 0 aromatic carbocycles. The maximum atomic E-state index is 11.5.